The number of benzene rings is 2. The van der Waals surface area contributed by atoms with Gasteiger partial charge in [-0.15, -0.1) is 0 Å². The molecule has 0 saturated heterocycles. The standard InChI is InChI=1S/C17H18F3N/c1-3-17(12-4-6-13(18)7-5-12)21-11(2)15-10-14(19)8-9-16(15)20/h4-11,17,21H,3H2,1-2H3. The molecule has 1 N–H and O–H groups in total. The minimum atomic E-state index is -0.463. The van der Waals surface area contributed by atoms with Crippen LogP contribution in [-0.2, 0) is 0 Å². The van der Waals surface area contributed by atoms with Crippen LogP contribution in [0.4, 0.5) is 13.2 Å². The zero-order chi connectivity index (χ0) is 15.4. The van der Waals surface area contributed by atoms with E-state index in [2.05, 4.69) is 5.32 Å². The van der Waals surface area contributed by atoms with E-state index in [0.29, 0.717) is 0 Å². The highest BCUT2D eigenvalue weighted by Gasteiger charge is 2.17. The maximum absolute atomic E-state index is 13.8. The quantitative estimate of drug-likeness (QED) is 0.826. The van der Waals surface area contributed by atoms with Crippen LogP contribution in [0.1, 0.15) is 43.5 Å². The Morgan fingerprint density at radius 3 is 2.19 bits per heavy atom. The monoisotopic (exact) mass is 293 g/mol. The molecular formula is C17H18F3N. The van der Waals surface area contributed by atoms with Crippen LogP contribution < -0.4 is 5.32 Å². The summed E-state index contributed by atoms with van der Waals surface area (Å²) in [6.07, 6.45) is 0.757. The number of nitrogens with one attached hydrogen (secondary N) is 1. The van der Waals surface area contributed by atoms with Gasteiger partial charge in [0.2, 0.25) is 0 Å². The summed E-state index contributed by atoms with van der Waals surface area (Å²) in [7, 11) is 0. The zero-order valence-corrected chi connectivity index (χ0v) is 12.0. The van der Waals surface area contributed by atoms with Crippen LogP contribution in [0.2, 0.25) is 0 Å². The van der Waals surface area contributed by atoms with Gasteiger partial charge in [-0.2, -0.15) is 0 Å². The molecule has 2 unspecified atom stereocenters. The van der Waals surface area contributed by atoms with Gasteiger partial charge in [0.1, 0.15) is 17.5 Å². The molecule has 0 fully saturated rings. The molecule has 4 heteroatoms. The van der Waals surface area contributed by atoms with Crippen LogP contribution in [0.25, 0.3) is 0 Å². The Kier molecular flexibility index (Phi) is 5.02. The van der Waals surface area contributed by atoms with E-state index in [1.165, 1.54) is 18.2 Å². The summed E-state index contributed by atoms with van der Waals surface area (Å²) in [4.78, 5) is 0. The molecule has 0 bridgehead atoms. The van der Waals surface area contributed by atoms with E-state index in [-0.39, 0.29) is 23.5 Å². The molecule has 0 amide bonds. The van der Waals surface area contributed by atoms with E-state index in [9.17, 15) is 13.2 Å². The molecule has 0 aliphatic rings. The second-order valence-electron chi connectivity index (χ2n) is 5.07. The first-order valence-electron chi connectivity index (χ1n) is 6.97. The Morgan fingerprint density at radius 2 is 1.57 bits per heavy atom. The lowest BCUT2D eigenvalue weighted by Crippen LogP contribution is -2.25. The summed E-state index contributed by atoms with van der Waals surface area (Å²) in [6, 6.07) is 9.21. The van der Waals surface area contributed by atoms with Gasteiger partial charge in [0.25, 0.3) is 0 Å². The minimum absolute atomic E-state index is 0.0525. The van der Waals surface area contributed by atoms with Gasteiger partial charge in [0.05, 0.1) is 0 Å². The van der Waals surface area contributed by atoms with E-state index < -0.39 is 11.6 Å². The predicted octanol–water partition coefficient (Wildman–Crippen LogP) is 4.91. The fourth-order valence-corrected chi connectivity index (χ4v) is 2.38. The van der Waals surface area contributed by atoms with Crippen molar-refractivity contribution in [3.8, 4) is 0 Å². The molecule has 0 saturated carbocycles. The number of rotatable bonds is 5. The Bertz CT molecular complexity index is 595. The zero-order valence-electron chi connectivity index (χ0n) is 12.0. The Morgan fingerprint density at radius 1 is 0.952 bits per heavy atom. The van der Waals surface area contributed by atoms with Crippen molar-refractivity contribution in [1.82, 2.24) is 5.32 Å². The summed E-state index contributed by atoms with van der Waals surface area (Å²) < 4.78 is 40.0. The molecule has 0 spiro atoms. The molecule has 2 atom stereocenters. The summed E-state index contributed by atoms with van der Waals surface area (Å²) in [5.74, 6) is -1.20. The maximum Gasteiger partial charge on any atom is 0.128 e. The highest BCUT2D eigenvalue weighted by atomic mass is 19.1. The van der Waals surface area contributed by atoms with Crippen molar-refractivity contribution in [2.45, 2.75) is 32.4 Å². The molecule has 0 aromatic heterocycles. The van der Waals surface area contributed by atoms with Crippen LogP contribution in [0, 0.1) is 17.5 Å². The van der Waals surface area contributed by atoms with Crippen molar-refractivity contribution in [1.29, 1.82) is 0 Å². The van der Waals surface area contributed by atoms with Crippen molar-refractivity contribution in [3.05, 3.63) is 71.0 Å². The van der Waals surface area contributed by atoms with Crippen LogP contribution in [-0.4, -0.2) is 0 Å². The SMILES string of the molecule is CCC(NC(C)c1cc(F)ccc1F)c1ccc(F)cc1. The van der Waals surface area contributed by atoms with E-state index in [4.69, 9.17) is 0 Å². The molecule has 0 radical (unpaired) electrons. The van der Waals surface area contributed by atoms with Gasteiger partial charge < -0.3 is 5.32 Å². The Labute approximate surface area is 122 Å². The topological polar surface area (TPSA) is 12.0 Å². The third-order valence-corrected chi connectivity index (χ3v) is 3.56. The summed E-state index contributed by atoms with van der Waals surface area (Å²) in [5, 5.41) is 3.26. The van der Waals surface area contributed by atoms with Crippen molar-refractivity contribution in [2.75, 3.05) is 0 Å². The third-order valence-electron chi connectivity index (χ3n) is 3.56. The Hall–Kier alpha value is -1.81. The van der Waals surface area contributed by atoms with Crippen molar-refractivity contribution in [3.63, 3.8) is 0 Å². The fraction of sp³-hybridized carbons (Fsp3) is 0.294. The summed E-state index contributed by atoms with van der Waals surface area (Å²) in [6.45, 7) is 3.76. The largest absolute Gasteiger partial charge is 0.303 e. The molecule has 2 aromatic carbocycles. The molecule has 2 aromatic rings. The lowest BCUT2D eigenvalue weighted by atomic mass is 10.0. The van der Waals surface area contributed by atoms with E-state index in [1.807, 2.05) is 6.92 Å². The first-order chi connectivity index (χ1) is 10.0. The predicted molar refractivity (Wildman–Crippen MR) is 77.3 cm³/mol. The number of hydrogen-bond acceptors (Lipinski definition) is 1. The van der Waals surface area contributed by atoms with Crippen LogP contribution in [0.3, 0.4) is 0 Å². The molecular weight excluding hydrogens is 275 g/mol. The van der Waals surface area contributed by atoms with Crippen LogP contribution in [0.15, 0.2) is 42.5 Å². The molecule has 2 rings (SSSR count). The van der Waals surface area contributed by atoms with Crippen molar-refractivity contribution in [2.24, 2.45) is 0 Å². The van der Waals surface area contributed by atoms with E-state index in [1.54, 1.807) is 19.1 Å². The average Bonchev–Trinajstić information content (AvgIpc) is 2.48. The van der Waals surface area contributed by atoms with Crippen molar-refractivity contribution < 1.29 is 13.2 Å². The van der Waals surface area contributed by atoms with Gasteiger partial charge >= 0.3 is 0 Å². The summed E-state index contributed by atoms with van der Waals surface area (Å²) >= 11 is 0. The third kappa shape index (κ3) is 3.85. The molecule has 21 heavy (non-hydrogen) atoms. The molecule has 0 aliphatic heterocycles. The number of hydrogen-bond donors (Lipinski definition) is 1. The smallest absolute Gasteiger partial charge is 0.128 e. The molecule has 1 nitrogen and oxygen atoms in total. The van der Waals surface area contributed by atoms with Crippen LogP contribution in [0.5, 0.6) is 0 Å². The Balaban J connectivity index is 2.17. The second-order valence-corrected chi connectivity index (χ2v) is 5.07. The lowest BCUT2D eigenvalue weighted by Gasteiger charge is -2.23. The molecule has 112 valence electrons. The van der Waals surface area contributed by atoms with Crippen molar-refractivity contribution >= 4 is 0 Å². The second kappa shape index (κ2) is 6.76. The summed E-state index contributed by atoms with van der Waals surface area (Å²) in [5.41, 5.74) is 1.21. The van der Waals surface area contributed by atoms with Gasteiger partial charge in [0.15, 0.2) is 0 Å². The lowest BCUT2D eigenvalue weighted by molar-refractivity contribution is 0.440. The van der Waals surface area contributed by atoms with E-state index in [0.717, 1.165) is 24.1 Å². The molecule has 0 heterocycles. The normalized spacial score (nSPS) is 14.0. The minimum Gasteiger partial charge on any atom is -0.303 e. The fourth-order valence-electron chi connectivity index (χ4n) is 2.38. The maximum atomic E-state index is 13.8. The van der Waals surface area contributed by atoms with Gasteiger partial charge in [-0.3, -0.25) is 0 Å². The van der Waals surface area contributed by atoms with Gasteiger partial charge in [-0.05, 0) is 49.2 Å². The van der Waals surface area contributed by atoms with Gasteiger partial charge in [-0.25, -0.2) is 13.2 Å². The highest BCUT2D eigenvalue weighted by molar-refractivity contribution is 5.24. The van der Waals surface area contributed by atoms with Gasteiger partial charge in [-0.1, -0.05) is 19.1 Å². The number of halogens is 3. The first kappa shape index (κ1) is 15.6. The van der Waals surface area contributed by atoms with Gasteiger partial charge in [0, 0.05) is 17.6 Å². The van der Waals surface area contributed by atoms with Crippen LogP contribution >= 0.6 is 0 Å². The average molecular weight is 293 g/mol. The van der Waals surface area contributed by atoms with E-state index >= 15 is 0 Å². The molecule has 0 aliphatic carbocycles. The first-order valence-corrected chi connectivity index (χ1v) is 6.97. The highest BCUT2D eigenvalue weighted by Crippen LogP contribution is 2.24.